The molecular formula is C14H12O5. The van der Waals surface area contributed by atoms with E-state index in [0.29, 0.717) is 11.3 Å². The van der Waals surface area contributed by atoms with Crippen molar-refractivity contribution in [1.82, 2.24) is 0 Å². The van der Waals surface area contributed by atoms with Gasteiger partial charge in [-0.25, -0.2) is 9.59 Å². The summed E-state index contributed by atoms with van der Waals surface area (Å²) in [5.41, 5.74) is 0.467. The lowest BCUT2D eigenvalue weighted by Crippen LogP contribution is -2.09. The molecule has 0 amide bonds. The van der Waals surface area contributed by atoms with Gasteiger partial charge in [-0.2, -0.15) is 0 Å². The third kappa shape index (κ3) is 3.01. The number of hydrogen-bond acceptors (Lipinski definition) is 4. The molecule has 2 aromatic carbocycles. The minimum Gasteiger partial charge on any atom is -0.482 e. The lowest BCUT2D eigenvalue weighted by Gasteiger charge is -2.06. The maximum absolute atomic E-state index is 11.4. The van der Waals surface area contributed by atoms with Crippen molar-refractivity contribution in [2.45, 2.75) is 0 Å². The molecule has 19 heavy (non-hydrogen) atoms. The second-order valence-electron chi connectivity index (χ2n) is 3.90. The Labute approximate surface area is 109 Å². The van der Waals surface area contributed by atoms with E-state index in [1.165, 1.54) is 7.11 Å². The fraction of sp³-hybridized carbons (Fsp3) is 0.143. The van der Waals surface area contributed by atoms with Crippen LogP contribution in [0.1, 0.15) is 10.4 Å². The predicted octanol–water partition coefficient (Wildman–Crippen LogP) is 2.09. The van der Waals surface area contributed by atoms with Crippen LogP contribution in [0.5, 0.6) is 5.75 Å². The molecule has 1 N–H and O–H groups in total. The van der Waals surface area contributed by atoms with Crippen LogP contribution in [0.15, 0.2) is 36.4 Å². The monoisotopic (exact) mass is 260 g/mol. The van der Waals surface area contributed by atoms with Gasteiger partial charge in [0.25, 0.3) is 0 Å². The summed E-state index contributed by atoms with van der Waals surface area (Å²) in [4.78, 5) is 21.8. The molecule has 0 atom stereocenters. The summed E-state index contributed by atoms with van der Waals surface area (Å²) >= 11 is 0. The third-order valence-electron chi connectivity index (χ3n) is 2.60. The minimum absolute atomic E-state index is 0.383. The minimum atomic E-state index is -1.03. The van der Waals surface area contributed by atoms with Crippen LogP contribution in [0.2, 0.25) is 0 Å². The lowest BCUT2D eigenvalue weighted by atomic mass is 10.1. The molecule has 0 saturated heterocycles. The quantitative estimate of drug-likeness (QED) is 0.852. The van der Waals surface area contributed by atoms with Crippen LogP contribution in [-0.4, -0.2) is 30.8 Å². The normalized spacial score (nSPS) is 10.2. The zero-order valence-corrected chi connectivity index (χ0v) is 10.3. The number of methoxy groups -OCH3 is 1. The van der Waals surface area contributed by atoms with Gasteiger partial charge in [-0.05, 0) is 35.0 Å². The first kappa shape index (κ1) is 12.9. The molecule has 0 aromatic heterocycles. The van der Waals surface area contributed by atoms with E-state index in [1.807, 2.05) is 0 Å². The first-order valence-electron chi connectivity index (χ1n) is 5.57. The number of carbonyl (C=O) groups is 2. The van der Waals surface area contributed by atoms with Crippen molar-refractivity contribution in [3.8, 4) is 5.75 Å². The SMILES string of the molecule is COC(=O)c1ccc2cc(OCC(=O)O)ccc2c1. The number of carboxylic acid groups (broad SMARTS) is 1. The summed E-state index contributed by atoms with van der Waals surface area (Å²) in [5.74, 6) is -0.949. The molecule has 0 saturated carbocycles. The Morgan fingerprint density at radius 2 is 1.79 bits per heavy atom. The Morgan fingerprint density at radius 1 is 1.11 bits per heavy atom. The molecule has 98 valence electrons. The average molecular weight is 260 g/mol. The fourth-order valence-corrected chi connectivity index (χ4v) is 1.70. The van der Waals surface area contributed by atoms with E-state index in [9.17, 15) is 9.59 Å². The van der Waals surface area contributed by atoms with Crippen LogP contribution < -0.4 is 4.74 Å². The molecule has 0 spiro atoms. The van der Waals surface area contributed by atoms with E-state index >= 15 is 0 Å². The Balaban J connectivity index is 2.29. The highest BCUT2D eigenvalue weighted by molar-refractivity contribution is 5.95. The Kier molecular flexibility index (Phi) is 3.66. The van der Waals surface area contributed by atoms with Gasteiger partial charge in [-0.3, -0.25) is 0 Å². The van der Waals surface area contributed by atoms with Crippen LogP contribution in [0.4, 0.5) is 0 Å². The molecule has 0 fully saturated rings. The maximum Gasteiger partial charge on any atom is 0.341 e. The molecule has 0 aliphatic carbocycles. The number of ether oxygens (including phenoxy) is 2. The van der Waals surface area contributed by atoms with Gasteiger partial charge in [0.1, 0.15) is 5.75 Å². The summed E-state index contributed by atoms with van der Waals surface area (Å²) in [6.45, 7) is -0.383. The van der Waals surface area contributed by atoms with Crippen LogP contribution in [-0.2, 0) is 9.53 Å². The number of hydrogen-bond donors (Lipinski definition) is 1. The summed E-state index contributed by atoms with van der Waals surface area (Å²) in [6.07, 6.45) is 0. The standard InChI is InChI=1S/C14H12O5/c1-18-14(17)11-3-2-10-7-12(19-8-13(15)16)5-4-9(10)6-11/h2-7H,8H2,1H3,(H,15,16). The number of aliphatic carboxylic acids is 1. The van der Waals surface area contributed by atoms with Crippen molar-refractivity contribution in [1.29, 1.82) is 0 Å². The van der Waals surface area contributed by atoms with Gasteiger partial charge in [-0.15, -0.1) is 0 Å². The lowest BCUT2D eigenvalue weighted by molar-refractivity contribution is -0.139. The summed E-state index contributed by atoms with van der Waals surface area (Å²) in [7, 11) is 1.33. The number of rotatable bonds is 4. The second-order valence-corrected chi connectivity index (χ2v) is 3.90. The average Bonchev–Trinajstić information content (AvgIpc) is 2.43. The summed E-state index contributed by atoms with van der Waals surface area (Å²) < 4.78 is 9.73. The van der Waals surface area contributed by atoms with Gasteiger partial charge in [0, 0.05) is 0 Å². The molecule has 2 aromatic rings. The number of benzene rings is 2. The van der Waals surface area contributed by atoms with E-state index in [0.717, 1.165) is 10.8 Å². The predicted molar refractivity (Wildman–Crippen MR) is 68.4 cm³/mol. The molecular weight excluding hydrogens is 248 g/mol. The highest BCUT2D eigenvalue weighted by atomic mass is 16.5. The largest absolute Gasteiger partial charge is 0.482 e. The van der Waals surface area contributed by atoms with Gasteiger partial charge < -0.3 is 14.6 Å². The van der Waals surface area contributed by atoms with Crippen molar-refractivity contribution in [2.24, 2.45) is 0 Å². The molecule has 2 rings (SSSR count). The van der Waals surface area contributed by atoms with Gasteiger partial charge in [0.05, 0.1) is 12.7 Å². The highest BCUT2D eigenvalue weighted by Crippen LogP contribution is 2.22. The van der Waals surface area contributed by atoms with Crippen molar-refractivity contribution < 1.29 is 24.2 Å². The Hall–Kier alpha value is -2.56. The van der Waals surface area contributed by atoms with Gasteiger partial charge in [0.2, 0.25) is 0 Å². The number of esters is 1. The van der Waals surface area contributed by atoms with Gasteiger partial charge in [0.15, 0.2) is 6.61 Å². The molecule has 0 unspecified atom stereocenters. The smallest absolute Gasteiger partial charge is 0.341 e. The van der Waals surface area contributed by atoms with Gasteiger partial charge >= 0.3 is 11.9 Å². The number of fused-ring (bicyclic) bond motifs is 1. The molecule has 5 heteroatoms. The second kappa shape index (κ2) is 5.39. The van der Waals surface area contributed by atoms with E-state index in [2.05, 4.69) is 4.74 Å². The zero-order valence-electron chi connectivity index (χ0n) is 10.3. The molecule has 0 aliphatic heterocycles. The zero-order chi connectivity index (χ0) is 13.8. The number of carboxylic acids is 1. The first-order valence-corrected chi connectivity index (χ1v) is 5.57. The molecule has 0 aliphatic rings. The summed E-state index contributed by atoms with van der Waals surface area (Å²) in [5, 5.41) is 10.2. The number of carbonyl (C=O) groups excluding carboxylic acids is 1. The van der Waals surface area contributed by atoms with Crippen LogP contribution in [0, 0.1) is 0 Å². The van der Waals surface area contributed by atoms with Gasteiger partial charge in [-0.1, -0.05) is 12.1 Å². The van der Waals surface area contributed by atoms with E-state index in [4.69, 9.17) is 9.84 Å². The fourth-order valence-electron chi connectivity index (χ4n) is 1.70. The van der Waals surface area contributed by atoms with Crippen molar-refractivity contribution >= 4 is 22.7 Å². The van der Waals surface area contributed by atoms with Crippen LogP contribution in [0.3, 0.4) is 0 Å². The Bertz CT molecular complexity index is 633. The van der Waals surface area contributed by atoms with Crippen molar-refractivity contribution in [2.75, 3.05) is 13.7 Å². The van der Waals surface area contributed by atoms with Crippen molar-refractivity contribution in [3.63, 3.8) is 0 Å². The van der Waals surface area contributed by atoms with E-state index < -0.39 is 11.9 Å². The van der Waals surface area contributed by atoms with Crippen LogP contribution in [0.25, 0.3) is 10.8 Å². The summed E-state index contributed by atoms with van der Waals surface area (Å²) in [6, 6.07) is 10.3. The van der Waals surface area contributed by atoms with Crippen LogP contribution >= 0.6 is 0 Å². The molecule has 5 nitrogen and oxygen atoms in total. The Morgan fingerprint density at radius 3 is 2.47 bits per heavy atom. The maximum atomic E-state index is 11.4. The molecule has 0 bridgehead atoms. The van der Waals surface area contributed by atoms with Crippen molar-refractivity contribution in [3.05, 3.63) is 42.0 Å². The molecule has 0 radical (unpaired) electrons. The van der Waals surface area contributed by atoms with E-state index in [1.54, 1.807) is 36.4 Å². The highest BCUT2D eigenvalue weighted by Gasteiger charge is 2.06. The first-order chi connectivity index (χ1) is 9.10. The third-order valence-corrected chi connectivity index (χ3v) is 2.60. The van der Waals surface area contributed by atoms with E-state index in [-0.39, 0.29) is 6.61 Å². The molecule has 0 heterocycles. The topological polar surface area (TPSA) is 72.8 Å².